The van der Waals surface area contributed by atoms with Crippen LogP contribution in [0.3, 0.4) is 0 Å². The highest BCUT2D eigenvalue weighted by molar-refractivity contribution is 5.99. The van der Waals surface area contributed by atoms with Crippen molar-refractivity contribution in [1.29, 1.82) is 0 Å². The Morgan fingerprint density at radius 2 is 1.78 bits per heavy atom. The summed E-state index contributed by atoms with van der Waals surface area (Å²) >= 11 is 0. The summed E-state index contributed by atoms with van der Waals surface area (Å²) in [6, 6.07) is -1.91. The zero-order valence-electron chi connectivity index (χ0n) is 20.9. The standard InChI is InChI=1S/C24H39N5O7/c1-2-19-13-18(9-11-28(19)24(34)35)25-23(33)26-21(31)20-8-5-10-29(20)22(32)17(14-27(36)15-30)12-16-6-3-4-7-16/h15-20,36H,2-14H2,1H3,(H,34,35)(H2,25,26,31,33)/t17-,18?,19?,20+/m1/s1. The van der Waals surface area contributed by atoms with Gasteiger partial charge in [0.1, 0.15) is 6.04 Å². The first kappa shape index (κ1) is 27.7. The minimum Gasteiger partial charge on any atom is -0.465 e. The maximum Gasteiger partial charge on any atom is 0.407 e. The fraction of sp³-hybridized carbons (Fsp3) is 0.792. The van der Waals surface area contributed by atoms with Crippen molar-refractivity contribution in [2.75, 3.05) is 19.6 Å². The van der Waals surface area contributed by atoms with E-state index in [1.807, 2.05) is 6.92 Å². The highest BCUT2D eigenvalue weighted by Gasteiger charge is 2.39. The molecule has 0 radical (unpaired) electrons. The second kappa shape index (κ2) is 12.9. The number of hydrogen-bond acceptors (Lipinski definition) is 6. The molecule has 4 atom stereocenters. The Hall–Kier alpha value is -2.89. The van der Waals surface area contributed by atoms with Gasteiger partial charge in [-0.2, -0.15) is 0 Å². The van der Waals surface area contributed by atoms with Crippen molar-refractivity contribution in [3.8, 4) is 0 Å². The second-order valence-corrected chi connectivity index (χ2v) is 10.2. The van der Waals surface area contributed by atoms with Crippen LogP contribution in [0.15, 0.2) is 0 Å². The largest absolute Gasteiger partial charge is 0.465 e. The molecule has 3 aliphatic rings. The van der Waals surface area contributed by atoms with Gasteiger partial charge in [-0.25, -0.2) is 14.7 Å². The van der Waals surface area contributed by atoms with Gasteiger partial charge in [-0.1, -0.05) is 32.6 Å². The smallest absolute Gasteiger partial charge is 0.407 e. The molecule has 1 aliphatic carbocycles. The van der Waals surface area contributed by atoms with Gasteiger partial charge in [0, 0.05) is 25.2 Å². The molecule has 3 fully saturated rings. The van der Waals surface area contributed by atoms with Crippen molar-refractivity contribution in [3.63, 3.8) is 0 Å². The van der Waals surface area contributed by atoms with Gasteiger partial charge in [-0.05, 0) is 44.4 Å². The third-order valence-corrected chi connectivity index (χ3v) is 7.81. The van der Waals surface area contributed by atoms with Gasteiger partial charge in [0.05, 0.1) is 12.5 Å². The summed E-state index contributed by atoms with van der Waals surface area (Å²) < 4.78 is 0. The number of hydroxylamine groups is 2. The average molecular weight is 510 g/mol. The number of carbonyl (C=O) groups is 5. The van der Waals surface area contributed by atoms with Crippen molar-refractivity contribution in [1.82, 2.24) is 25.5 Å². The molecule has 12 nitrogen and oxygen atoms in total. The van der Waals surface area contributed by atoms with Crippen LogP contribution < -0.4 is 10.6 Å². The molecule has 6 amide bonds. The fourth-order valence-electron chi connectivity index (χ4n) is 5.95. The monoisotopic (exact) mass is 509 g/mol. The second-order valence-electron chi connectivity index (χ2n) is 10.2. The first-order valence-corrected chi connectivity index (χ1v) is 13.1. The van der Waals surface area contributed by atoms with E-state index in [0.717, 1.165) is 25.7 Å². The molecule has 4 N–H and O–H groups in total. The van der Waals surface area contributed by atoms with Gasteiger partial charge in [0.25, 0.3) is 5.91 Å². The number of rotatable bonds is 9. The van der Waals surface area contributed by atoms with E-state index in [9.17, 15) is 34.3 Å². The lowest BCUT2D eigenvalue weighted by atomic mass is 9.91. The van der Waals surface area contributed by atoms with E-state index in [2.05, 4.69) is 10.6 Å². The maximum absolute atomic E-state index is 13.4. The number of nitrogens with zero attached hydrogens (tertiary/aromatic N) is 3. The zero-order valence-corrected chi connectivity index (χ0v) is 20.9. The van der Waals surface area contributed by atoms with Gasteiger partial charge in [0.15, 0.2) is 0 Å². The van der Waals surface area contributed by atoms with Crippen LogP contribution in [0.4, 0.5) is 9.59 Å². The number of hydrogen-bond donors (Lipinski definition) is 4. The quantitative estimate of drug-likeness (QED) is 0.209. The summed E-state index contributed by atoms with van der Waals surface area (Å²) in [4.78, 5) is 64.1. The number of amides is 6. The van der Waals surface area contributed by atoms with E-state index in [1.54, 1.807) is 0 Å². The number of imide groups is 1. The molecule has 0 aromatic heterocycles. The Bertz CT molecular complexity index is 819. The van der Waals surface area contributed by atoms with Gasteiger partial charge in [0.2, 0.25) is 12.3 Å². The van der Waals surface area contributed by atoms with Crippen molar-refractivity contribution in [2.45, 2.75) is 89.3 Å². The zero-order chi connectivity index (χ0) is 26.2. The number of carbonyl (C=O) groups excluding carboxylic acids is 4. The number of carboxylic acid groups (broad SMARTS) is 1. The fourth-order valence-corrected chi connectivity index (χ4v) is 5.95. The van der Waals surface area contributed by atoms with Crippen LogP contribution in [0, 0.1) is 11.8 Å². The summed E-state index contributed by atoms with van der Waals surface area (Å²) in [5, 5.41) is 24.7. The molecule has 202 valence electrons. The summed E-state index contributed by atoms with van der Waals surface area (Å²) in [5.74, 6) is -1.12. The SMILES string of the molecule is CCC1CC(NC(=O)NC(=O)[C@@H]2CCCN2C(=O)[C@H](CC2CCCC2)CN(O)C=O)CCN1C(=O)O. The molecule has 2 heterocycles. The first-order chi connectivity index (χ1) is 17.2. The van der Waals surface area contributed by atoms with Crippen LogP contribution in [-0.2, 0) is 14.4 Å². The molecule has 2 unspecified atom stereocenters. The number of nitrogens with one attached hydrogen (secondary N) is 2. The van der Waals surface area contributed by atoms with Crippen LogP contribution in [-0.4, -0.2) is 93.3 Å². The number of likely N-dealkylation sites (tertiary alicyclic amines) is 2. The molecular weight excluding hydrogens is 470 g/mol. The molecule has 0 aromatic rings. The van der Waals surface area contributed by atoms with Crippen LogP contribution in [0.5, 0.6) is 0 Å². The normalized spacial score (nSPS) is 25.3. The molecule has 12 heteroatoms. The third-order valence-electron chi connectivity index (χ3n) is 7.81. The van der Waals surface area contributed by atoms with E-state index in [-0.39, 0.29) is 30.9 Å². The van der Waals surface area contributed by atoms with Gasteiger partial charge in [-0.15, -0.1) is 0 Å². The minimum atomic E-state index is -0.977. The molecule has 1 saturated carbocycles. The van der Waals surface area contributed by atoms with E-state index in [1.165, 1.54) is 9.80 Å². The van der Waals surface area contributed by atoms with Gasteiger partial charge < -0.3 is 20.2 Å². The highest BCUT2D eigenvalue weighted by Crippen LogP contribution is 2.32. The predicted octanol–water partition coefficient (Wildman–Crippen LogP) is 1.77. The van der Waals surface area contributed by atoms with Crippen LogP contribution in [0.25, 0.3) is 0 Å². The van der Waals surface area contributed by atoms with E-state index in [4.69, 9.17) is 0 Å². The van der Waals surface area contributed by atoms with E-state index < -0.39 is 30.0 Å². The Morgan fingerprint density at radius 3 is 2.42 bits per heavy atom. The Morgan fingerprint density at radius 1 is 1.06 bits per heavy atom. The Kier molecular flexibility index (Phi) is 9.91. The van der Waals surface area contributed by atoms with Crippen LogP contribution in [0.1, 0.15) is 71.1 Å². The summed E-state index contributed by atoms with van der Waals surface area (Å²) in [5.41, 5.74) is 0. The van der Waals surface area contributed by atoms with E-state index >= 15 is 0 Å². The molecule has 0 bridgehead atoms. The Balaban J connectivity index is 1.57. The van der Waals surface area contributed by atoms with Crippen molar-refractivity contribution in [2.24, 2.45) is 11.8 Å². The maximum atomic E-state index is 13.4. The lowest BCUT2D eigenvalue weighted by molar-refractivity contribution is -0.158. The van der Waals surface area contributed by atoms with Crippen molar-refractivity contribution in [3.05, 3.63) is 0 Å². The molecule has 0 spiro atoms. The Labute approximate surface area is 211 Å². The number of urea groups is 1. The van der Waals surface area contributed by atoms with Crippen molar-refractivity contribution < 1.29 is 34.3 Å². The summed E-state index contributed by atoms with van der Waals surface area (Å²) in [6.07, 6.45) is 6.63. The summed E-state index contributed by atoms with van der Waals surface area (Å²) in [7, 11) is 0. The average Bonchev–Trinajstić information content (AvgIpc) is 3.55. The molecule has 0 aromatic carbocycles. The predicted molar refractivity (Wildman–Crippen MR) is 128 cm³/mol. The summed E-state index contributed by atoms with van der Waals surface area (Å²) in [6.45, 7) is 2.45. The highest BCUT2D eigenvalue weighted by atomic mass is 16.5. The van der Waals surface area contributed by atoms with Crippen LogP contribution >= 0.6 is 0 Å². The molecule has 2 aliphatic heterocycles. The van der Waals surface area contributed by atoms with Gasteiger partial charge >= 0.3 is 12.1 Å². The third kappa shape index (κ3) is 7.08. The van der Waals surface area contributed by atoms with Gasteiger partial charge in [-0.3, -0.25) is 24.9 Å². The minimum absolute atomic E-state index is 0.127. The van der Waals surface area contributed by atoms with E-state index in [0.29, 0.717) is 62.6 Å². The first-order valence-electron chi connectivity index (χ1n) is 13.1. The molecule has 2 saturated heterocycles. The molecular formula is C24H39N5O7. The number of piperidine rings is 1. The topological polar surface area (TPSA) is 160 Å². The molecule has 3 rings (SSSR count). The van der Waals surface area contributed by atoms with Crippen molar-refractivity contribution >= 4 is 30.3 Å². The lowest BCUT2D eigenvalue weighted by Gasteiger charge is -2.37. The van der Waals surface area contributed by atoms with Crippen LogP contribution in [0.2, 0.25) is 0 Å². The molecule has 36 heavy (non-hydrogen) atoms. The lowest BCUT2D eigenvalue weighted by Crippen LogP contribution is -2.56.